The third kappa shape index (κ3) is 4.10. The van der Waals surface area contributed by atoms with Gasteiger partial charge in [-0.3, -0.25) is 4.79 Å². The molecular weight excluding hydrogens is 328 g/mol. The monoisotopic (exact) mass is 344 g/mol. The second-order valence-corrected chi connectivity index (χ2v) is 6.78. The minimum absolute atomic E-state index is 0.0125. The largest absolute Gasteiger partial charge is 0.364 e. The van der Waals surface area contributed by atoms with Crippen LogP contribution < -0.4 is 5.32 Å². The van der Waals surface area contributed by atoms with Crippen LogP contribution in [0.1, 0.15) is 5.01 Å². The Morgan fingerprint density at radius 1 is 1.22 bits per heavy atom. The van der Waals surface area contributed by atoms with Crippen molar-refractivity contribution >= 4 is 44.9 Å². The van der Waals surface area contributed by atoms with Crippen LogP contribution >= 0.6 is 23.1 Å². The molecule has 1 N–H and O–H groups in total. The fourth-order valence-electron chi connectivity index (χ4n) is 2.15. The number of benzene rings is 2. The Morgan fingerprint density at radius 3 is 2.83 bits per heavy atom. The lowest BCUT2D eigenvalue weighted by Gasteiger charge is -2.09. The summed E-state index contributed by atoms with van der Waals surface area (Å²) in [6.45, 7) is 0.357. The summed E-state index contributed by atoms with van der Waals surface area (Å²) in [6.07, 6.45) is 1.98. The number of anilines is 1. The number of rotatable bonds is 6. The predicted molar refractivity (Wildman–Crippen MR) is 96.1 cm³/mol. The molecule has 0 radical (unpaired) electrons. The Hall–Kier alpha value is -1.89. The maximum Gasteiger partial charge on any atom is 0.250 e. The van der Waals surface area contributed by atoms with Gasteiger partial charge in [-0.05, 0) is 30.5 Å². The van der Waals surface area contributed by atoms with Gasteiger partial charge in [-0.2, -0.15) is 0 Å². The molecule has 0 atom stereocenters. The molecule has 23 heavy (non-hydrogen) atoms. The molecule has 0 bridgehead atoms. The number of carbonyl (C=O) groups is 1. The minimum atomic E-state index is -0.160. The van der Waals surface area contributed by atoms with Crippen molar-refractivity contribution in [3.05, 3.63) is 53.5 Å². The number of ether oxygens (including phenoxy) is 1. The highest BCUT2D eigenvalue weighted by atomic mass is 32.2. The second kappa shape index (κ2) is 7.59. The molecule has 2 aromatic carbocycles. The number of amides is 1. The summed E-state index contributed by atoms with van der Waals surface area (Å²) >= 11 is 3.18. The quantitative estimate of drug-likeness (QED) is 0.682. The topological polar surface area (TPSA) is 51.2 Å². The number of aromatic nitrogens is 1. The molecule has 0 aliphatic heterocycles. The van der Waals surface area contributed by atoms with E-state index in [9.17, 15) is 4.79 Å². The third-order valence-corrected chi connectivity index (χ3v) is 4.98. The van der Waals surface area contributed by atoms with E-state index in [1.807, 2.05) is 54.8 Å². The van der Waals surface area contributed by atoms with Gasteiger partial charge >= 0.3 is 0 Å². The van der Waals surface area contributed by atoms with Gasteiger partial charge in [-0.15, -0.1) is 23.1 Å². The molecule has 0 aliphatic carbocycles. The average Bonchev–Trinajstić information content (AvgIpc) is 2.98. The zero-order valence-electron chi connectivity index (χ0n) is 12.6. The van der Waals surface area contributed by atoms with E-state index < -0.39 is 0 Å². The van der Waals surface area contributed by atoms with Gasteiger partial charge in [0.15, 0.2) is 0 Å². The van der Waals surface area contributed by atoms with Gasteiger partial charge in [-0.1, -0.05) is 24.3 Å². The molecule has 6 heteroatoms. The molecule has 118 valence electrons. The smallest absolute Gasteiger partial charge is 0.250 e. The van der Waals surface area contributed by atoms with E-state index in [0.29, 0.717) is 6.61 Å². The molecule has 3 rings (SSSR count). The van der Waals surface area contributed by atoms with Crippen LogP contribution in [0.3, 0.4) is 0 Å². The second-order valence-electron chi connectivity index (χ2n) is 4.82. The molecule has 0 spiro atoms. The van der Waals surface area contributed by atoms with Crippen LogP contribution in [0.15, 0.2) is 53.4 Å². The highest BCUT2D eigenvalue weighted by molar-refractivity contribution is 7.98. The highest BCUT2D eigenvalue weighted by Gasteiger charge is 2.08. The lowest BCUT2D eigenvalue weighted by Crippen LogP contribution is -2.18. The first-order valence-electron chi connectivity index (χ1n) is 7.11. The van der Waals surface area contributed by atoms with Crippen molar-refractivity contribution in [1.29, 1.82) is 0 Å². The number of para-hydroxylation sites is 2. The fraction of sp³-hybridized carbons (Fsp3) is 0.176. The SMILES string of the molecule is CSc1ccccc1NC(=O)COCc1nc2ccccc2s1. The van der Waals surface area contributed by atoms with Crippen molar-refractivity contribution in [2.45, 2.75) is 11.5 Å². The summed E-state index contributed by atoms with van der Waals surface area (Å²) in [7, 11) is 0. The number of nitrogens with one attached hydrogen (secondary N) is 1. The van der Waals surface area contributed by atoms with Crippen LogP contribution in [-0.4, -0.2) is 23.8 Å². The van der Waals surface area contributed by atoms with Crippen molar-refractivity contribution < 1.29 is 9.53 Å². The van der Waals surface area contributed by atoms with E-state index in [1.165, 1.54) is 0 Å². The van der Waals surface area contributed by atoms with Gasteiger partial charge < -0.3 is 10.1 Å². The molecule has 0 saturated carbocycles. The highest BCUT2D eigenvalue weighted by Crippen LogP contribution is 2.24. The minimum Gasteiger partial charge on any atom is -0.364 e. The Labute approximate surface area is 142 Å². The van der Waals surface area contributed by atoms with Crippen molar-refractivity contribution in [2.75, 3.05) is 18.2 Å². The zero-order valence-corrected chi connectivity index (χ0v) is 14.2. The van der Waals surface area contributed by atoms with Gasteiger partial charge in [0, 0.05) is 4.90 Å². The molecular formula is C17H16N2O2S2. The summed E-state index contributed by atoms with van der Waals surface area (Å²) in [4.78, 5) is 17.5. The number of thiazole rings is 1. The summed E-state index contributed by atoms with van der Waals surface area (Å²) in [5.41, 5.74) is 1.78. The Bertz CT molecular complexity index is 784. The Morgan fingerprint density at radius 2 is 2.00 bits per heavy atom. The first-order chi connectivity index (χ1) is 11.3. The molecule has 3 aromatic rings. The summed E-state index contributed by atoms with van der Waals surface area (Å²) in [5, 5.41) is 3.75. The predicted octanol–water partition coefficient (Wildman–Crippen LogP) is 4.17. The van der Waals surface area contributed by atoms with Gasteiger partial charge in [0.1, 0.15) is 11.6 Å². The first-order valence-corrected chi connectivity index (χ1v) is 9.15. The normalized spacial score (nSPS) is 10.8. The number of nitrogens with zero attached hydrogens (tertiary/aromatic N) is 1. The molecule has 0 saturated heterocycles. The van der Waals surface area contributed by atoms with Crippen molar-refractivity contribution in [1.82, 2.24) is 4.98 Å². The summed E-state index contributed by atoms with van der Waals surface area (Å²) in [5.74, 6) is -0.160. The number of hydrogen-bond donors (Lipinski definition) is 1. The molecule has 1 aromatic heterocycles. The van der Waals surface area contributed by atoms with Gasteiger partial charge in [-0.25, -0.2) is 4.98 Å². The van der Waals surface area contributed by atoms with Gasteiger partial charge in [0.05, 0.1) is 22.5 Å². The van der Waals surface area contributed by atoms with Crippen LogP contribution in [0.5, 0.6) is 0 Å². The third-order valence-electron chi connectivity index (χ3n) is 3.18. The lowest BCUT2D eigenvalue weighted by atomic mass is 10.3. The van der Waals surface area contributed by atoms with E-state index in [1.54, 1.807) is 23.1 Å². The standard InChI is InChI=1S/C17H16N2O2S2/c1-22-14-8-4-2-6-12(14)18-16(20)10-21-11-17-19-13-7-3-5-9-15(13)23-17/h2-9H,10-11H2,1H3,(H,18,20). The van der Waals surface area contributed by atoms with Crippen molar-refractivity contribution in [2.24, 2.45) is 0 Å². The first kappa shape index (κ1) is 16.0. The number of fused-ring (bicyclic) bond motifs is 1. The van der Waals surface area contributed by atoms with E-state index in [-0.39, 0.29) is 12.5 Å². The Kier molecular flexibility index (Phi) is 5.27. The average molecular weight is 344 g/mol. The summed E-state index contributed by atoms with van der Waals surface area (Å²) < 4.78 is 6.61. The molecule has 0 aliphatic rings. The van der Waals surface area contributed by atoms with Crippen LogP contribution in [0.2, 0.25) is 0 Å². The molecule has 1 heterocycles. The molecule has 4 nitrogen and oxygen atoms in total. The van der Waals surface area contributed by atoms with Gasteiger partial charge in [0.2, 0.25) is 5.91 Å². The van der Waals surface area contributed by atoms with E-state index in [2.05, 4.69) is 10.3 Å². The van der Waals surface area contributed by atoms with E-state index >= 15 is 0 Å². The maximum atomic E-state index is 12.0. The molecule has 1 amide bonds. The summed E-state index contributed by atoms with van der Waals surface area (Å²) in [6, 6.07) is 15.7. The van der Waals surface area contributed by atoms with Crippen molar-refractivity contribution in [3.8, 4) is 0 Å². The van der Waals surface area contributed by atoms with Crippen LogP contribution in [0.25, 0.3) is 10.2 Å². The Balaban J connectivity index is 1.53. The van der Waals surface area contributed by atoms with Crippen LogP contribution in [0, 0.1) is 0 Å². The number of thioether (sulfide) groups is 1. The van der Waals surface area contributed by atoms with Crippen LogP contribution in [-0.2, 0) is 16.1 Å². The fourth-order valence-corrected chi connectivity index (χ4v) is 3.61. The number of carbonyl (C=O) groups excluding carboxylic acids is 1. The van der Waals surface area contributed by atoms with E-state index in [4.69, 9.17) is 4.74 Å². The number of hydrogen-bond acceptors (Lipinski definition) is 5. The molecule has 0 unspecified atom stereocenters. The van der Waals surface area contributed by atoms with Crippen molar-refractivity contribution in [3.63, 3.8) is 0 Å². The van der Waals surface area contributed by atoms with Crippen LogP contribution in [0.4, 0.5) is 5.69 Å². The maximum absolute atomic E-state index is 12.0. The van der Waals surface area contributed by atoms with Gasteiger partial charge in [0.25, 0.3) is 0 Å². The lowest BCUT2D eigenvalue weighted by molar-refractivity contribution is -0.121. The van der Waals surface area contributed by atoms with E-state index in [0.717, 1.165) is 25.8 Å². The molecule has 0 fully saturated rings. The zero-order chi connectivity index (χ0) is 16.1.